The van der Waals surface area contributed by atoms with Crippen molar-refractivity contribution in [1.29, 1.82) is 0 Å². The minimum Gasteiger partial charge on any atom is -0.454 e. The van der Waals surface area contributed by atoms with Crippen LogP contribution < -0.4 is 14.8 Å². The zero-order chi connectivity index (χ0) is 17.8. The number of aliphatic hydroxyl groups excluding tert-OH is 1. The molecule has 2 atom stereocenters. The molecule has 7 heteroatoms. The molecular formula is C19H16N2O5. The third-order valence-electron chi connectivity index (χ3n) is 5.06. The number of amides is 2. The predicted octanol–water partition coefficient (Wildman–Crippen LogP) is 1.61. The smallest absolute Gasteiger partial charge is 0.256 e. The molecule has 2 aromatic rings. The zero-order valence-electron chi connectivity index (χ0n) is 13.8. The number of carbonyl (C=O) groups excluding carboxylic acids is 2. The van der Waals surface area contributed by atoms with Gasteiger partial charge in [-0.1, -0.05) is 12.1 Å². The molecule has 2 aromatic carbocycles. The van der Waals surface area contributed by atoms with Crippen molar-refractivity contribution in [2.75, 3.05) is 18.7 Å². The Morgan fingerprint density at radius 2 is 1.81 bits per heavy atom. The molecule has 2 amide bonds. The van der Waals surface area contributed by atoms with Crippen molar-refractivity contribution in [2.24, 2.45) is 0 Å². The van der Waals surface area contributed by atoms with E-state index in [-0.39, 0.29) is 31.6 Å². The molecule has 3 aliphatic rings. The van der Waals surface area contributed by atoms with Gasteiger partial charge in [0.05, 0.1) is 17.4 Å². The van der Waals surface area contributed by atoms with Gasteiger partial charge >= 0.3 is 0 Å². The second-order valence-electron chi connectivity index (χ2n) is 6.68. The molecule has 3 heterocycles. The van der Waals surface area contributed by atoms with Gasteiger partial charge in [-0.25, -0.2) is 0 Å². The lowest BCUT2D eigenvalue weighted by molar-refractivity contribution is -0.119. The summed E-state index contributed by atoms with van der Waals surface area (Å²) >= 11 is 0. The maximum absolute atomic E-state index is 13.0. The first-order chi connectivity index (χ1) is 12.6. The topological polar surface area (TPSA) is 88.1 Å². The number of anilines is 1. The van der Waals surface area contributed by atoms with Gasteiger partial charge in [0.25, 0.3) is 5.91 Å². The molecule has 0 bridgehead atoms. The first kappa shape index (κ1) is 15.2. The lowest BCUT2D eigenvalue weighted by Crippen LogP contribution is -2.40. The summed E-state index contributed by atoms with van der Waals surface area (Å²) in [6, 6.07) is 10.3. The van der Waals surface area contributed by atoms with Gasteiger partial charge in [-0.2, -0.15) is 0 Å². The predicted molar refractivity (Wildman–Crippen MR) is 92.1 cm³/mol. The highest BCUT2D eigenvalue weighted by Crippen LogP contribution is 2.37. The van der Waals surface area contributed by atoms with Crippen molar-refractivity contribution in [3.63, 3.8) is 0 Å². The van der Waals surface area contributed by atoms with Crippen molar-refractivity contribution in [3.05, 3.63) is 42.0 Å². The summed E-state index contributed by atoms with van der Waals surface area (Å²) in [7, 11) is 0. The lowest BCUT2D eigenvalue weighted by Gasteiger charge is -2.19. The maximum atomic E-state index is 13.0. The Balaban J connectivity index is 1.57. The van der Waals surface area contributed by atoms with Crippen LogP contribution in [0.2, 0.25) is 0 Å². The third kappa shape index (κ3) is 2.24. The lowest BCUT2D eigenvalue weighted by atomic mass is 10.0. The number of fused-ring (bicyclic) bond motifs is 3. The van der Waals surface area contributed by atoms with Gasteiger partial charge in [-0.15, -0.1) is 0 Å². The Kier molecular flexibility index (Phi) is 3.20. The fraction of sp³-hybridized carbons (Fsp3) is 0.263. The van der Waals surface area contributed by atoms with E-state index in [2.05, 4.69) is 5.32 Å². The van der Waals surface area contributed by atoms with Gasteiger partial charge in [0.15, 0.2) is 11.5 Å². The fourth-order valence-electron chi connectivity index (χ4n) is 3.74. The molecule has 0 aliphatic carbocycles. The number of aliphatic hydroxyl groups is 1. The normalized spacial score (nSPS) is 23.3. The van der Waals surface area contributed by atoms with Gasteiger partial charge in [-0.05, 0) is 35.4 Å². The standard InChI is InChI=1S/C19H16N2O5/c22-12-7-15-18(23)20-14-3-1-10(5-13(14)19(24)21(15)8-12)11-2-4-16-17(6-11)26-9-25-16/h1-6,12,15,22H,7-9H2,(H,20,23)/t12-,15+/m1/s1. The van der Waals surface area contributed by atoms with E-state index in [4.69, 9.17) is 9.47 Å². The van der Waals surface area contributed by atoms with Crippen LogP contribution in [0.4, 0.5) is 5.69 Å². The summed E-state index contributed by atoms with van der Waals surface area (Å²) in [5.41, 5.74) is 2.64. The molecule has 0 saturated carbocycles. The molecule has 26 heavy (non-hydrogen) atoms. The van der Waals surface area contributed by atoms with Crippen molar-refractivity contribution >= 4 is 17.5 Å². The molecule has 0 radical (unpaired) electrons. The van der Waals surface area contributed by atoms with Crippen LogP contribution in [0.5, 0.6) is 11.5 Å². The number of ether oxygens (including phenoxy) is 2. The van der Waals surface area contributed by atoms with Gasteiger partial charge in [0, 0.05) is 13.0 Å². The number of hydrogen-bond acceptors (Lipinski definition) is 5. The molecule has 1 fully saturated rings. The van der Waals surface area contributed by atoms with Gasteiger partial charge in [0.2, 0.25) is 12.7 Å². The summed E-state index contributed by atoms with van der Waals surface area (Å²) in [5.74, 6) is 0.854. The van der Waals surface area contributed by atoms with E-state index < -0.39 is 12.1 Å². The number of rotatable bonds is 1. The van der Waals surface area contributed by atoms with Crippen molar-refractivity contribution in [3.8, 4) is 22.6 Å². The molecule has 132 valence electrons. The summed E-state index contributed by atoms with van der Waals surface area (Å²) in [6.45, 7) is 0.372. The van der Waals surface area contributed by atoms with E-state index in [0.29, 0.717) is 22.7 Å². The van der Waals surface area contributed by atoms with Crippen molar-refractivity contribution in [1.82, 2.24) is 4.90 Å². The molecule has 0 spiro atoms. The largest absolute Gasteiger partial charge is 0.454 e. The van der Waals surface area contributed by atoms with Crippen LogP contribution in [-0.2, 0) is 4.79 Å². The minimum absolute atomic E-state index is 0.171. The third-order valence-corrected chi connectivity index (χ3v) is 5.06. The second-order valence-corrected chi connectivity index (χ2v) is 6.68. The number of nitrogens with zero attached hydrogens (tertiary/aromatic N) is 1. The van der Waals surface area contributed by atoms with Crippen LogP contribution >= 0.6 is 0 Å². The quantitative estimate of drug-likeness (QED) is 0.814. The number of hydrogen-bond donors (Lipinski definition) is 2. The van der Waals surface area contributed by atoms with Crippen molar-refractivity contribution in [2.45, 2.75) is 18.6 Å². The molecule has 3 aliphatic heterocycles. The Labute approximate surface area is 149 Å². The molecule has 7 nitrogen and oxygen atoms in total. The molecular weight excluding hydrogens is 336 g/mol. The van der Waals surface area contributed by atoms with E-state index in [1.165, 1.54) is 4.90 Å². The SMILES string of the molecule is O=C1Nc2ccc(-c3ccc4c(c3)OCO4)cc2C(=O)N2C[C@H](O)C[C@@H]12. The van der Waals surface area contributed by atoms with Crippen LogP contribution in [0.3, 0.4) is 0 Å². The highest BCUT2D eigenvalue weighted by atomic mass is 16.7. The Morgan fingerprint density at radius 1 is 1.04 bits per heavy atom. The van der Waals surface area contributed by atoms with E-state index in [9.17, 15) is 14.7 Å². The summed E-state index contributed by atoms with van der Waals surface area (Å²) in [4.78, 5) is 26.8. The van der Waals surface area contributed by atoms with Crippen LogP contribution in [0.15, 0.2) is 36.4 Å². The summed E-state index contributed by atoms with van der Waals surface area (Å²) < 4.78 is 10.7. The van der Waals surface area contributed by atoms with Gasteiger partial charge < -0.3 is 24.8 Å². The average Bonchev–Trinajstić information content (AvgIpc) is 3.25. The van der Waals surface area contributed by atoms with Crippen LogP contribution in [0.1, 0.15) is 16.8 Å². The number of nitrogens with one attached hydrogen (secondary N) is 1. The van der Waals surface area contributed by atoms with Crippen LogP contribution in [0.25, 0.3) is 11.1 Å². The summed E-state index contributed by atoms with van der Waals surface area (Å²) in [6.07, 6.45) is -0.408. The Hall–Kier alpha value is -3.06. The molecule has 2 N–H and O–H groups in total. The summed E-state index contributed by atoms with van der Waals surface area (Å²) in [5, 5.41) is 12.7. The van der Waals surface area contributed by atoms with E-state index in [0.717, 1.165) is 11.1 Å². The maximum Gasteiger partial charge on any atom is 0.256 e. The minimum atomic E-state index is -0.673. The van der Waals surface area contributed by atoms with E-state index in [1.807, 2.05) is 24.3 Å². The molecule has 0 unspecified atom stereocenters. The van der Waals surface area contributed by atoms with Crippen LogP contribution in [-0.4, -0.2) is 47.3 Å². The Bertz CT molecular complexity index is 942. The number of carbonyl (C=O) groups is 2. The molecule has 0 aromatic heterocycles. The van der Waals surface area contributed by atoms with Gasteiger partial charge in [-0.3, -0.25) is 9.59 Å². The fourth-order valence-corrected chi connectivity index (χ4v) is 3.74. The molecule has 5 rings (SSSR count). The second kappa shape index (κ2) is 5.47. The van der Waals surface area contributed by atoms with Crippen LogP contribution in [0, 0.1) is 0 Å². The first-order valence-corrected chi connectivity index (χ1v) is 8.44. The number of benzene rings is 2. The van der Waals surface area contributed by atoms with E-state index >= 15 is 0 Å². The van der Waals surface area contributed by atoms with Gasteiger partial charge in [0.1, 0.15) is 6.04 Å². The Morgan fingerprint density at radius 3 is 2.69 bits per heavy atom. The highest BCUT2D eigenvalue weighted by Gasteiger charge is 2.42. The highest BCUT2D eigenvalue weighted by molar-refractivity contribution is 6.10. The van der Waals surface area contributed by atoms with Crippen molar-refractivity contribution < 1.29 is 24.2 Å². The molecule has 1 saturated heterocycles. The van der Waals surface area contributed by atoms with E-state index in [1.54, 1.807) is 12.1 Å². The average molecular weight is 352 g/mol. The zero-order valence-corrected chi connectivity index (χ0v) is 13.8. The first-order valence-electron chi connectivity index (χ1n) is 8.44. The monoisotopic (exact) mass is 352 g/mol.